The molecule has 4 rings (SSSR count). The number of hydrogen-bond acceptors (Lipinski definition) is 6. The van der Waals surface area contributed by atoms with E-state index < -0.39 is 0 Å². The maximum Gasteiger partial charge on any atom is 0.256 e. The number of carbonyl (C=O) groups excluding carboxylic acids is 1. The van der Waals surface area contributed by atoms with E-state index >= 15 is 0 Å². The Labute approximate surface area is 163 Å². The van der Waals surface area contributed by atoms with E-state index in [0.717, 1.165) is 22.8 Å². The number of anilines is 1. The number of benzene rings is 1. The molecule has 3 heterocycles. The van der Waals surface area contributed by atoms with Gasteiger partial charge in [-0.2, -0.15) is 0 Å². The average Bonchev–Trinajstić information content (AvgIpc) is 3.14. The molecule has 0 bridgehead atoms. The molecule has 1 aliphatic heterocycles. The van der Waals surface area contributed by atoms with Crippen LogP contribution in [-0.4, -0.2) is 34.4 Å². The van der Waals surface area contributed by atoms with Gasteiger partial charge in [-0.05, 0) is 24.3 Å². The number of aromatic nitrogens is 2. The van der Waals surface area contributed by atoms with Gasteiger partial charge in [-0.3, -0.25) is 9.78 Å². The van der Waals surface area contributed by atoms with Crippen LogP contribution in [0.5, 0.6) is 0 Å². The second-order valence-corrected chi connectivity index (χ2v) is 6.61. The van der Waals surface area contributed by atoms with Crippen molar-refractivity contribution in [1.29, 1.82) is 0 Å². The SMILES string of the molecule is COCc1nc2c(o1)CCN(C(=O)c1ccccc1NCc1ccccn1)C2. The average molecular weight is 378 g/mol. The molecule has 1 N–H and O–H groups in total. The zero-order valence-corrected chi connectivity index (χ0v) is 15.7. The van der Waals surface area contributed by atoms with Crippen LogP contribution >= 0.6 is 0 Å². The first-order valence-electron chi connectivity index (χ1n) is 9.23. The van der Waals surface area contributed by atoms with E-state index in [1.165, 1.54) is 0 Å². The molecule has 0 aliphatic carbocycles. The number of nitrogens with one attached hydrogen (secondary N) is 1. The lowest BCUT2D eigenvalue weighted by atomic mass is 10.1. The second-order valence-electron chi connectivity index (χ2n) is 6.61. The molecule has 0 saturated carbocycles. The summed E-state index contributed by atoms with van der Waals surface area (Å²) in [4.78, 5) is 23.7. The van der Waals surface area contributed by atoms with Crippen LogP contribution in [0.4, 0.5) is 5.69 Å². The maximum atomic E-state index is 13.2. The zero-order valence-electron chi connectivity index (χ0n) is 15.7. The number of ether oxygens (including phenoxy) is 1. The lowest BCUT2D eigenvalue weighted by molar-refractivity contribution is 0.0728. The zero-order chi connectivity index (χ0) is 19.3. The van der Waals surface area contributed by atoms with Crippen LogP contribution in [-0.2, 0) is 30.9 Å². The van der Waals surface area contributed by atoms with Gasteiger partial charge in [0, 0.05) is 32.0 Å². The summed E-state index contributed by atoms with van der Waals surface area (Å²) in [7, 11) is 1.61. The topological polar surface area (TPSA) is 80.5 Å². The molecule has 0 saturated heterocycles. The van der Waals surface area contributed by atoms with Crippen molar-refractivity contribution in [3.05, 3.63) is 77.3 Å². The first kappa shape index (κ1) is 18.2. The Balaban J connectivity index is 1.49. The number of para-hydroxylation sites is 1. The highest BCUT2D eigenvalue weighted by atomic mass is 16.5. The molecule has 28 heavy (non-hydrogen) atoms. The molecule has 0 radical (unpaired) electrons. The van der Waals surface area contributed by atoms with Crippen LogP contribution in [0.25, 0.3) is 0 Å². The normalized spacial score (nSPS) is 13.2. The summed E-state index contributed by atoms with van der Waals surface area (Å²) in [6.45, 7) is 1.93. The van der Waals surface area contributed by atoms with Crippen molar-refractivity contribution in [3.8, 4) is 0 Å². The summed E-state index contributed by atoms with van der Waals surface area (Å²) >= 11 is 0. The molecule has 144 valence electrons. The first-order chi connectivity index (χ1) is 13.7. The molecule has 7 heteroatoms. The summed E-state index contributed by atoms with van der Waals surface area (Å²) in [6.07, 6.45) is 2.41. The minimum atomic E-state index is -0.0222. The fourth-order valence-electron chi connectivity index (χ4n) is 3.29. The molecular weight excluding hydrogens is 356 g/mol. The lowest BCUT2D eigenvalue weighted by Crippen LogP contribution is -2.36. The van der Waals surface area contributed by atoms with Gasteiger partial charge in [-0.1, -0.05) is 18.2 Å². The Morgan fingerprint density at radius 3 is 2.93 bits per heavy atom. The highest BCUT2D eigenvalue weighted by molar-refractivity contribution is 5.99. The molecule has 0 fully saturated rings. The predicted octanol–water partition coefficient (Wildman–Crippen LogP) is 3.03. The van der Waals surface area contributed by atoms with E-state index in [0.29, 0.717) is 44.1 Å². The van der Waals surface area contributed by atoms with Crippen molar-refractivity contribution in [1.82, 2.24) is 14.9 Å². The Hall–Kier alpha value is -3.19. The smallest absolute Gasteiger partial charge is 0.256 e. The van der Waals surface area contributed by atoms with Gasteiger partial charge >= 0.3 is 0 Å². The molecular formula is C21H22N4O3. The largest absolute Gasteiger partial charge is 0.443 e. The van der Waals surface area contributed by atoms with Crippen LogP contribution < -0.4 is 5.32 Å². The minimum Gasteiger partial charge on any atom is -0.443 e. The van der Waals surface area contributed by atoms with Crippen LogP contribution in [0.1, 0.15) is 33.4 Å². The van der Waals surface area contributed by atoms with Crippen LogP contribution in [0.3, 0.4) is 0 Å². The second kappa shape index (κ2) is 8.22. The molecule has 1 aliphatic rings. The Kier molecular flexibility index (Phi) is 5.34. The van der Waals surface area contributed by atoms with Gasteiger partial charge in [-0.25, -0.2) is 4.98 Å². The third-order valence-electron chi connectivity index (χ3n) is 4.67. The van der Waals surface area contributed by atoms with Gasteiger partial charge in [-0.15, -0.1) is 0 Å². The van der Waals surface area contributed by atoms with Gasteiger partial charge in [0.1, 0.15) is 18.1 Å². The third kappa shape index (κ3) is 3.89. The number of nitrogens with zero attached hydrogens (tertiary/aromatic N) is 3. The molecule has 7 nitrogen and oxygen atoms in total. The van der Waals surface area contributed by atoms with Crippen molar-refractivity contribution in [2.75, 3.05) is 19.0 Å². The van der Waals surface area contributed by atoms with Gasteiger partial charge in [0.2, 0.25) is 5.89 Å². The number of oxazole rings is 1. The highest BCUT2D eigenvalue weighted by Crippen LogP contribution is 2.24. The number of carbonyl (C=O) groups is 1. The molecule has 0 atom stereocenters. The Morgan fingerprint density at radius 1 is 1.25 bits per heavy atom. The molecule has 3 aromatic rings. The van der Waals surface area contributed by atoms with Gasteiger partial charge < -0.3 is 19.4 Å². The number of rotatable bonds is 6. The van der Waals surface area contributed by atoms with Crippen molar-refractivity contribution < 1.29 is 13.9 Å². The molecule has 1 amide bonds. The monoisotopic (exact) mass is 378 g/mol. The Bertz CT molecular complexity index is 955. The van der Waals surface area contributed by atoms with E-state index in [4.69, 9.17) is 9.15 Å². The van der Waals surface area contributed by atoms with Crippen molar-refractivity contribution >= 4 is 11.6 Å². The number of fused-ring (bicyclic) bond motifs is 1. The number of amides is 1. The van der Waals surface area contributed by atoms with Crippen LogP contribution in [0, 0.1) is 0 Å². The predicted molar refractivity (Wildman–Crippen MR) is 104 cm³/mol. The summed E-state index contributed by atoms with van der Waals surface area (Å²) in [5.41, 5.74) is 3.16. The summed E-state index contributed by atoms with van der Waals surface area (Å²) < 4.78 is 10.8. The van der Waals surface area contributed by atoms with Crippen molar-refractivity contribution in [3.63, 3.8) is 0 Å². The summed E-state index contributed by atoms with van der Waals surface area (Å²) in [6, 6.07) is 13.3. The fraction of sp³-hybridized carbons (Fsp3) is 0.286. The van der Waals surface area contributed by atoms with Gasteiger partial charge in [0.05, 0.1) is 24.3 Å². The highest BCUT2D eigenvalue weighted by Gasteiger charge is 2.27. The number of hydrogen-bond donors (Lipinski definition) is 1. The Morgan fingerprint density at radius 2 is 2.11 bits per heavy atom. The maximum absolute atomic E-state index is 13.2. The molecule has 2 aromatic heterocycles. The van der Waals surface area contributed by atoms with Gasteiger partial charge in [0.15, 0.2) is 0 Å². The standard InChI is InChI=1S/C21H22N4O3/c1-27-14-20-24-18-13-25(11-9-19(18)28-20)21(26)16-7-2-3-8-17(16)23-12-15-6-4-5-10-22-15/h2-8,10,23H,9,11-14H2,1H3. The van der Waals surface area contributed by atoms with E-state index in [1.54, 1.807) is 13.3 Å². The lowest BCUT2D eigenvalue weighted by Gasteiger charge is -2.26. The quantitative estimate of drug-likeness (QED) is 0.710. The first-order valence-corrected chi connectivity index (χ1v) is 9.23. The van der Waals surface area contributed by atoms with E-state index in [1.807, 2.05) is 47.4 Å². The van der Waals surface area contributed by atoms with Crippen LogP contribution in [0.2, 0.25) is 0 Å². The number of methoxy groups -OCH3 is 1. The summed E-state index contributed by atoms with van der Waals surface area (Å²) in [5, 5.41) is 3.33. The molecule has 0 spiro atoms. The fourth-order valence-corrected chi connectivity index (χ4v) is 3.29. The third-order valence-corrected chi connectivity index (χ3v) is 4.67. The van der Waals surface area contributed by atoms with Crippen LogP contribution in [0.15, 0.2) is 53.1 Å². The minimum absolute atomic E-state index is 0.0222. The molecule has 0 unspecified atom stereocenters. The van der Waals surface area contributed by atoms with Crippen molar-refractivity contribution in [2.24, 2.45) is 0 Å². The summed E-state index contributed by atoms with van der Waals surface area (Å²) in [5.74, 6) is 1.38. The van der Waals surface area contributed by atoms with Crippen molar-refractivity contribution in [2.45, 2.75) is 26.1 Å². The number of pyridine rings is 1. The van der Waals surface area contributed by atoms with E-state index in [2.05, 4.69) is 15.3 Å². The van der Waals surface area contributed by atoms with E-state index in [-0.39, 0.29) is 5.91 Å². The molecule has 1 aromatic carbocycles. The van der Waals surface area contributed by atoms with E-state index in [9.17, 15) is 4.79 Å². The van der Waals surface area contributed by atoms with Gasteiger partial charge in [0.25, 0.3) is 5.91 Å².